The summed E-state index contributed by atoms with van der Waals surface area (Å²) < 4.78 is 16.0. The number of benzene rings is 2. The van der Waals surface area contributed by atoms with E-state index in [1.54, 1.807) is 14.2 Å². The molecule has 8 heteroatoms. The molecule has 0 saturated heterocycles. The third-order valence-corrected chi connectivity index (χ3v) is 4.67. The molecule has 1 N–H and O–H groups in total. The zero-order chi connectivity index (χ0) is 17.9. The Morgan fingerprint density at radius 1 is 1.08 bits per heavy atom. The second-order valence-corrected chi connectivity index (χ2v) is 6.39. The first-order valence-electron chi connectivity index (χ1n) is 7.89. The Kier molecular flexibility index (Phi) is 4.49. The summed E-state index contributed by atoms with van der Waals surface area (Å²) in [6, 6.07) is 13.3. The van der Waals surface area contributed by atoms with Crippen LogP contribution in [0.4, 0.5) is 0 Å². The standard InChI is InChI=1S/C18H16N4O3S/c1-23-11-7-8-15(24-2)12(9-11)17-21-16(25-22-17)10-26-18-19-13-5-3-4-6-14(13)20-18/h3-9H,10H2,1-2H3,(H,19,20). The molecule has 0 atom stereocenters. The van der Waals surface area contributed by atoms with Crippen molar-refractivity contribution in [2.45, 2.75) is 10.9 Å². The minimum absolute atomic E-state index is 0.459. The molecule has 2 heterocycles. The van der Waals surface area contributed by atoms with Crippen LogP contribution in [0, 0.1) is 0 Å². The molecule has 0 aliphatic rings. The maximum absolute atomic E-state index is 5.37. The predicted octanol–water partition coefficient (Wildman–Crippen LogP) is 3.92. The van der Waals surface area contributed by atoms with Crippen LogP contribution in [0.25, 0.3) is 22.4 Å². The van der Waals surface area contributed by atoms with Crippen molar-refractivity contribution in [1.29, 1.82) is 0 Å². The maximum Gasteiger partial charge on any atom is 0.237 e. The van der Waals surface area contributed by atoms with Crippen molar-refractivity contribution < 1.29 is 14.0 Å². The van der Waals surface area contributed by atoms with Crippen molar-refractivity contribution in [3.63, 3.8) is 0 Å². The Morgan fingerprint density at radius 3 is 2.77 bits per heavy atom. The van der Waals surface area contributed by atoms with E-state index in [0.717, 1.165) is 21.8 Å². The van der Waals surface area contributed by atoms with Gasteiger partial charge in [-0.2, -0.15) is 4.98 Å². The van der Waals surface area contributed by atoms with Gasteiger partial charge in [0.15, 0.2) is 5.16 Å². The van der Waals surface area contributed by atoms with Gasteiger partial charge >= 0.3 is 0 Å². The number of hydrogen-bond donors (Lipinski definition) is 1. The molecule has 4 aromatic rings. The van der Waals surface area contributed by atoms with Crippen LogP contribution in [-0.2, 0) is 5.75 Å². The second kappa shape index (κ2) is 7.09. The third kappa shape index (κ3) is 3.23. The Labute approximate surface area is 153 Å². The number of hydrogen-bond acceptors (Lipinski definition) is 7. The molecule has 4 rings (SSSR count). The summed E-state index contributed by atoms with van der Waals surface area (Å²) in [5, 5.41) is 4.87. The Morgan fingerprint density at radius 2 is 1.96 bits per heavy atom. The molecule has 0 bridgehead atoms. The highest BCUT2D eigenvalue weighted by Gasteiger charge is 2.15. The van der Waals surface area contributed by atoms with E-state index >= 15 is 0 Å². The van der Waals surface area contributed by atoms with Gasteiger partial charge in [0.2, 0.25) is 11.7 Å². The number of nitrogens with zero attached hydrogens (tertiary/aromatic N) is 3. The fourth-order valence-electron chi connectivity index (χ4n) is 2.54. The van der Waals surface area contributed by atoms with E-state index < -0.39 is 0 Å². The molecular formula is C18H16N4O3S. The molecule has 0 aliphatic heterocycles. The minimum Gasteiger partial charge on any atom is -0.497 e. The summed E-state index contributed by atoms with van der Waals surface area (Å²) in [6.07, 6.45) is 0. The average molecular weight is 368 g/mol. The Balaban J connectivity index is 1.53. The summed E-state index contributed by atoms with van der Waals surface area (Å²) >= 11 is 1.51. The van der Waals surface area contributed by atoms with Gasteiger partial charge in [-0.05, 0) is 30.3 Å². The fourth-order valence-corrected chi connectivity index (χ4v) is 3.26. The molecule has 0 saturated carbocycles. The summed E-state index contributed by atoms with van der Waals surface area (Å²) in [6.45, 7) is 0. The van der Waals surface area contributed by atoms with Crippen LogP contribution in [-0.4, -0.2) is 34.3 Å². The summed E-state index contributed by atoms with van der Waals surface area (Å²) in [4.78, 5) is 12.2. The number of H-pyrrole nitrogens is 1. The molecule has 0 unspecified atom stereocenters. The Hall–Kier alpha value is -3.00. The second-order valence-electron chi connectivity index (χ2n) is 5.43. The maximum atomic E-state index is 5.37. The largest absolute Gasteiger partial charge is 0.497 e. The molecule has 0 aliphatic carbocycles. The lowest BCUT2D eigenvalue weighted by molar-refractivity contribution is 0.389. The number of nitrogens with one attached hydrogen (secondary N) is 1. The first-order valence-corrected chi connectivity index (χ1v) is 8.88. The van der Waals surface area contributed by atoms with Crippen molar-refractivity contribution in [3.05, 3.63) is 48.4 Å². The molecule has 0 fully saturated rings. The number of ether oxygens (including phenoxy) is 2. The number of methoxy groups -OCH3 is 2. The van der Waals surface area contributed by atoms with Crippen LogP contribution < -0.4 is 9.47 Å². The van der Waals surface area contributed by atoms with Gasteiger partial charge in [-0.15, -0.1) is 0 Å². The zero-order valence-corrected chi connectivity index (χ0v) is 15.0. The first kappa shape index (κ1) is 16.5. The van der Waals surface area contributed by atoms with Crippen molar-refractivity contribution in [2.75, 3.05) is 14.2 Å². The van der Waals surface area contributed by atoms with Gasteiger partial charge in [0.1, 0.15) is 11.5 Å². The molecule has 7 nitrogen and oxygen atoms in total. The van der Waals surface area contributed by atoms with Crippen LogP contribution in [0.5, 0.6) is 11.5 Å². The molecular weight excluding hydrogens is 352 g/mol. The van der Waals surface area contributed by atoms with Gasteiger partial charge < -0.3 is 19.0 Å². The van der Waals surface area contributed by atoms with E-state index in [1.807, 2.05) is 42.5 Å². The molecule has 132 valence electrons. The van der Waals surface area contributed by atoms with Crippen molar-refractivity contribution in [1.82, 2.24) is 20.1 Å². The summed E-state index contributed by atoms with van der Waals surface area (Å²) in [5.74, 6) is 2.84. The van der Waals surface area contributed by atoms with E-state index in [1.165, 1.54) is 11.8 Å². The van der Waals surface area contributed by atoms with E-state index in [4.69, 9.17) is 14.0 Å². The van der Waals surface area contributed by atoms with Crippen molar-refractivity contribution in [2.24, 2.45) is 0 Å². The first-order chi connectivity index (χ1) is 12.8. The molecule has 2 aromatic heterocycles. The van der Waals surface area contributed by atoms with Gasteiger partial charge in [-0.1, -0.05) is 29.1 Å². The lowest BCUT2D eigenvalue weighted by atomic mass is 10.2. The number of rotatable bonds is 6. The van der Waals surface area contributed by atoms with Crippen LogP contribution in [0.1, 0.15) is 5.89 Å². The Bertz CT molecular complexity index is 1010. The predicted molar refractivity (Wildman–Crippen MR) is 98.5 cm³/mol. The normalized spacial score (nSPS) is 11.0. The number of para-hydroxylation sites is 2. The summed E-state index contributed by atoms with van der Waals surface area (Å²) in [7, 11) is 3.21. The molecule has 0 spiro atoms. The van der Waals surface area contributed by atoms with Gasteiger partial charge in [0.05, 0.1) is 36.6 Å². The van der Waals surface area contributed by atoms with Crippen molar-refractivity contribution >= 4 is 22.8 Å². The SMILES string of the molecule is COc1ccc(OC)c(-c2noc(CSc3nc4ccccc4[nH]3)n2)c1. The quantitative estimate of drug-likeness (QED) is 0.516. The average Bonchev–Trinajstić information content (AvgIpc) is 3.32. The van der Waals surface area contributed by atoms with Crippen LogP contribution >= 0.6 is 11.8 Å². The zero-order valence-electron chi connectivity index (χ0n) is 14.2. The van der Waals surface area contributed by atoms with Gasteiger partial charge in [-0.3, -0.25) is 0 Å². The van der Waals surface area contributed by atoms with E-state index in [-0.39, 0.29) is 0 Å². The van der Waals surface area contributed by atoms with Crippen LogP contribution in [0.3, 0.4) is 0 Å². The molecule has 0 amide bonds. The van der Waals surface area contributed by atoms with Gasteiger partial charge in [0, 0.05) is 0 Å². The molecule has 0 radical (unpaired) electrons. The number of thioether (sulfide) groups is 1. The lowest BCUT2D eigenvalue weighted by Crippen LogP contribution is -1.91. The van der Waals surface area contributed by atoms with E-state index in [9.17, 15) is 0 Å². The number of imidazole rings is 1. The highest BCUT2D eigenvalue weighted by molar-refractivity contribution is 7.98. The highest BCUT2D eigenvalue weighted by atomic mass is 32.2. The monoisotopic (exact) mass is 368 g/mol. The topological polar surface area (TPSA) is 86.1 Å². The number of aromatic amines is 1. The van der Waals surface area contributed by atoms with Gasteiger partial charge in [0.25, 0.3) is 0 Å². The number of fused-ring (bicyclic) bond motifs is 1. The highest BCUT2D eigenvalue weighted by Crippen LogP contribution is 2.32. The summed E-state index contributed by atoms with van der Waals surface area (Å²) in [5.41, 5.74) is 2.65. The van der Waals surface area contributed by atoms with Crippen LogP contribution in [0.2, 0.25) is 0 Å². The molecule has 26 heavy (non-hydrogen) atoms. The van der Waals surface area contributed by atoms with E-state index in [0.29, 0.717) is 29.0 Å². The number of aromatic nitrogens is 4. The van der Waals surface area contributed by atoms with Gasteiger partial charge in [-0.25, -0.2) is 4.98 Å². The third-order valence-electron chi connectivity index (χ3n) is 3.82. The smallest absolute Gasteiger partial charge is 0.237 e. The van der Waals surface area contributed by atoms with E-state index in [2.05, 4.69) is 20.1 Å². The lowest BCUT2D eigenvalue weighted by Gasteiger charge is -2.07. The van der Waals surface area contributed by atoms with Crippen LogP contribution in [0.15, 0.2) is 52.1 Å². The fraction of sp³-hybridized carbons (Fsp3) is 0.167. The van der Waals surface area contributed by atoms with Crippen molar-refractivity contribution in [3.8, 4) is 22.9 Å². The molecule has 2 aromatic carbocycles. The minimum atomic E-state index is 0.459.